The number of ether oxygens (including phenoxy) is 1. The third kappa shape index (κ3) is 5.25. The molecule has 1 aliphatic carbocycles. The summed E-state index contributed by atoms with van der Waals surface area (Å²) in [5, 5.41) is 18.6. The van der Waals surface area contributed by atoms with Crippen molar-refractivity contribution >= 4 is 28.6 Å². The molecule has 3 N–H and O–H groups in total. The van der Waals surface area contributed by atoms with Gasteiger partial charge in [-0.1, -0.05) is 45.7 Å². The number of para-hydroxylation sites is 1. The third-order valence-electron chi connectivity index (χ3n) is 7.15. The number of amides is 2. The number of benzene rings is 2. The number of nitrogens with one attached hydrogen (secondary N) is 3. The molecule has 0 bridgehead atoms. The van der Waals surface area contributed by atoms with E-state index >= 15 is 0 Å². The number of anilines is 2. The molecule has 0 spiro atoms. The first-order valence-electron chi connectivity index (χ1n) is 13.5. The van der Waals surface area contributed by atoms with Crippen LogP contribution in [0.4, 0.5) is 16.3 Å². The van der Waals surface area contributed by atoms with E-state index < -0.39 is 0 Å². The summed E-state index contributed by atoms with van der Waals surface area (Å²) in [6, 6.07) is 16.9. The molecule has 40 heavy (non-hydrogen) atoms. The molecule has 6 rings (SSSR count). The van der Waals surface area contributed by atoms with Gasteiger partial charge in [0.1, 0.15) is 23.6 Å². The number of urea groups is 1. The van der Waals surface area contributed by atoms with Gasteiger partial charge in [0.25, 0.3) is 0 Å². The number of carbonyl (C=O) groups excluding carboxylic acids is 1. The smallest absolute Gasteiger partial charge is 0.324 e. The highest BCUT2D eigenvalue weighted by atomic mass is 16.5. The largest absolute Gasteiger partial charge is 0.457 e. The first-order valence-corrected chi connectivity index (χ1v) is 13.5. The summed E-state index contributed by atoms with van der Waals surface area (Å²) in [6.07, 6.45) is 7.74. The van der Waals surface area contributed by atoms with E-state index in [1.807, 2.05) is 59.3 Å². The lowest BCUT2D eigenvalue weighted by Gasteiger charge is -2.16. The Morgan fingerprint density at radius 3 is 2.58 bits per heavy atom. The van der Waals surface area contributed by atoms with Crippen LogP contribution in [0, 0.1) is 0 Å². The molecule has 3 aromatic heterocycles. The lowest BCUT2D eigenvalue weighted by Crippen LogP contribution is -2.22. The summed E-state index contributed by atoms with van der Waals surface area (Å²) in [6.45, 7) is 6.39. The Morgan fingerprint density at radius 2 is 1.80 bits per heavy atom. The van der Waals surface area contributed by atoms with Crippen LogP contribution >= 0.6 is 0 Å². The number of hydrogen-bond acceptors (Lipinski definition) is 6. The van der Waals surface area contributed by atoms with Crippen molar-refractivity contribution in [2.24, 2.45) is 0 Å². The van der Waals surface area contributed by atoms with E-state index in [9.17, 15) is 4.79 Å². The molecule has 0 atom stereocenters. The van der Waals surface area contributed by atoms with E-state index in [0.29, 0.717) is 28.9 Å². The fraction of sp³-hybridized carbons (Fsp3) is 0.300. The standard InChI is InChI=1S/C30H32N8O2/c1-30(2,3)25-16-26(38(37-25)20-8-4-5-9-20)35-29(39)34-19-12-14-21(15-13-19)40-24-11-7-6-10-22(24)27-23-17-33-36-28(23)32-18-31-27/h6-7,10-18,20H,4-5,8-9H2,1-3H3,(H2,34,35,39)(H,31,32,33,36). The van der Waals surface area contributed by atoms with Crippen LogP contribution in [0.5, 0.6) is 11.5 Å². The van der Waals surface area contributed by atoms with Gasteiger partial charge in [-0.15, -0.1) is 0 Å². The van der Waals surface area contributed by atoms with Crippen LogP contribution in [0.1, 0.15) is 58.2 Å². The van der Waals surface area contributed by atoms with Crippen molar-refractivity contribution in [3.8, 4) is 22.8 Å². The van der Waals surface area contributed by atoms with Crippen LogP contribution in [0.2, 0.25) is 0 Å². The Bertz CT molecular complexity index is 1640. The van der Waals surface area contributed by atoms with Gasteiger partial charge < -0.3 is 10.1 Å². The zero-order valence-electron chi connectivity index (χ0n) is 22.8. The molecule has 0 saturated heterocycles. The van der Waals surface area contributed by atoms with E-state index in [1.165, 1.54) is 19.2 Å². The SMILES string of the molecule is CC(C)(C)c1cc(NC(=O)Nc2ccc(Oc3ccccc3-c3ncnc4[nH]ncc34)cc2)n(C2CCCC2)n1. The van der Waals surface area contributed by atoms with Crippen molar-refractivity contribution in [1.82, 2.24) is 29.9 Å². The molecule has 10 heteroatoms. The molecular formula is C30H32N8O2. The summed E-state index contributed by atoms with van der Waals surface area (Å²) >= 11 is 0. The quantitative estimate of drug-likeness (QED) is 0.213. The number of H-pyrrole nitrogens is 1. The number of rotatable bonds is 6. The van der Waals surface area contributed by atoms with Crippen LogP contribution in [0.3, 0.4) is 0 Å². The molecule has 10 nitrogen and oxygen atoms in total. The van der Waals surface area contributed by atoms with Crippen molar-refractivity contribution < 1.29 is 9.53 Å². The molecule has 0 aliphatic heterocycles. The van der Waals surface area contributed by atoms with Crippen LogP contribution in [0.15, 0.2) is 67.1 Å². The summed E-state index contributed by atoms with van der Waals surface area (Å²) in [4.78, 5) is 21.6. The number of fused-ring (bicyclic) bond motifs is 1. The number of aromatic amines is 1. The molecule has 1 saturated carbocycles. The minimum absolute atomic E-state index is 0.108. The third-order valence-corrected chi connectivity index (χ3v) is 7.15. The van der Waals surface area contributed by atoms with Gasteiger partial charge in [-0.3, -0.25) is 10.4 Å². The predicted octanol–water partition coefficient (Wildman–Crippen LogP) is 7.07. The van der Waals surface area contributed by atoms with Crippen LogP contribution in [-0.4, -0.2) is 36.0 Å². The molecule has 204 valence electrons. The molecule has 0 radical (unpaired) electrons. The number of nitrogens with zero attached hydrogens (tertiary/aromatic N) is 5. The minimum Gasteiger partial charge on any atom is -0.457 e. The van der Waals surface area contributed by atoms with E-state index in [4.69, 9.17) is 9.84 Å². The maximum absolute atomic E-state index is 13.0. The van der Waals surface area contributed by atoms with Gasteiger partial charge in [-0.2, -0.15) is 10.2 Å². The first-order chi connectivity index (χ1) is 19.3. The van der Waals surface area contributed by atoms with Crippen molar-refractivity contribution in [1.29, 1.82) is 0 Å². The van der Waals surface area contributed by atoms with Gasteiger partial charge in [0.05, 0.1) is 29.0 Å². The van der Waals surface area contributed by atoms with Crippen molar-refractivity contribution in [2.45, 2.75) is 57.9 Å². The topological polar surface area (TPSA) is 123 Å². The summed E-state index contributed by atoms with van der Waals surface area (Å²) in [5.74, 6) is 2.00. The number of hydrogen-bond donors (Lipinski definition) is 3. The highest BCUT2D eigenvalue weighted by Crippen LogP contribution is 2.36. The molecule has 2 aromatic carbocycles. The fourth-order valence-electron chi connectivity index (χ4n) is 5.02. The van der Waals surface area contributed by atoms with E-state index in [1.54, 1.807) is 6.20 Å². The Morgan fingerprint density at radius 1 is 1.02 bits per heavy atom. The van der Waals surface area contributed by atoms with Gasteiger partial charge in [0.15, 0.2) is 5.65 Å². The van der Waals surface area contributed by atoms with Gasteiger partial charge >= 0.3 is 6.03 Å². The van der Waals surface area contributed by atoms with E-state index in [0.717, 1.165) is 41.0 Å². The summed E-state index contributed by atoms with van der Waals surface area (Å²) in [5.41, 5.74) is 3.73. The predicted molar refractivity (Wildman–Crippen MR) is 155 cm³/mol. The average Bonchev–Trinajstić information content (AvgIpc) is 3.70. The lowest BCUT2D eigenvalue weighted by atomic mass is 9.92. The molecule has 5 aromatic rings. The monoisotopic (exact) mass is 536 g/mol. The normalized spacial score (nSPS) is 14.0. The number of carbonyl (C=O) groups is 1. The molecule has 0 unspecified atom stereocenters. The highest BCUT2D eigenvalue weighted by Gasteiger charge is 2.26. The molecule has 2 amide bonds. The summed E-state index contributed by atoms with van der Waals surface area (Å²) < 4.78 is 8.22. The second kappa shape index (κ2) is 10.4. The minimum atomic E-state index is -0.313. The van der Waals surface area contributed by atoms with Crippen molar-refractivity contribution in [3.63, 3.8) is 0 Å². The van der Waals surface area contributed by atoms with E-state index in [-0.39, 0.29) is 11.4 Å². The van der Waals surface area contributed by atoms with Crippen molar-refractivity contribution in [3.05, 3.63) is 72.8 Å². The second-order valence-corrected chi connectivity index (χ2v) is 11.1. The van der Waals surface area contributed by atoms with Gasteiger partial charge in [-0.25, -0.2) is 19.4 Å². The zero-order valence-corrected chi connectivity index (χ0v) is 22.8. The summed E-state index contributed by atoms with van der Waals surface area (Å²) in [7, 11) is 0. The van der Waals surface area contributed by atoms with Crippen molar-refractivity contribution in [2.75, 3.05) is 10.6 Å². The molecular weight excluding hydrogens is 504 g/mol. The van der Waals surface area contributed by atoms with Gasteiger partial charge in [0.2, 0.25) is 0 Å². The molecule has 3 heterocycles. The van der Waals surface area contributed by atoms with E-state index in [2.05, 4.69) is 51.6 Å². The Balaban J connectivity index is 1.16. The van der Waals surface area contributed by atoms with Crippen LogP contribution < -0.4 is 15.4 Å². The Kier molecular flexibility index (Phi) is 6.67. The van der Waals surface area contributed by atoms with Crippen LogP contribution in [0.25, 0.3) is 22.3 Å². The number of aromatic nitrogens is 6. The second-order valence-electron chi connectivity index (χ2n) is 11.1. The fourth-order valence-corrected chi connectivity index (χ4v) is 5.02. The maximum atomic E-state index is 13.0. The van der Waals surface area contributed by atoms with Gasteiger partial charge in [-0.05, 0) is 49.2 Å². The van der Waals surface area contributed by atoms with Gasteiger partial charge in [0, 0.05) is 22.7 Å². The zero-order chi connectivity index (χ0) is 27.7. The maximum Gasteiger partial charge on any atom is 0.324 e. The Hall–Kier alpha value is -4.73. The first kappa shape index (κ1) is 25.5. The Labute approximate surface area is 232 Å². The van der Waals surface area contributed by atoms with Crippen LogP contribution in [-0.2, 0) is 5.41 Å². The molecule has 1 aliphatic rings. The average molecular weight is 537 g/mol. The highest BCUT2D eigenvalue weighted by molar-refractivity contribution is 5.99. The molecule has 1 fully saturated rings. The lowest BCUT2D eigenvalue weighted by molar-refractivity contribution is 0.262.